The second-order valence-electron chi connectivity index (χ2n) is 4.90. The third kappa shape index (κ3) is 1.68. The number of hydrogen-bond donors (Lipinski definition) is 1. The van der Waals surface area contributed by atoms with Gasteiger partial charge in [-0.1, -0.05) is 30.3 Å². The summed E-state index contributed by atoms with van der Waals surface area (Å²) in [6, 6.07) is 13.1. The lowest BCUT2D eigenvalue weighted by Crippen LogP contribution is -2.15. The molecule has 3 nitrogen and oxygen atoms in total. The highest BCUT2D eigenvalue weighted by Gasteiger charge is 2.21. The van der Waals surface area contributed by atoms with E-state index in [0.717, 1.165) is 28.9 Å². The summed E-state index contributed by atoms with van der Waals surface area (Å²) in [4.78, 5) is 4.53. The maximum atomic E-state index is 5.89. The van der Waals surface area contributed by atoms with E-state index in [0.29, 0.717) is 6.04 Å². The van der Waals surface area contributed by atoms with Crippen LogP contribution in [0.1, 0.15) is 18.7 Å². The van der Waals surface area contributed by atoms with Crippen LogP contribution in [-0.4, -0.2) is 11.0 Å². The topological polar surface area (TPSA) is 38.1 Å². The molecule has 1 aliphatic rings. The number of nitrogens with zero attached hydrogens (tertiary/aromatic N) is 1. The number of nitrogens with one attached hydrogen (secondary N) is 1. The molecule has 1 aromatic heterocycles. The minimum Gasteiger partial charge on any atom is -0.439 e. The van der Waals surface area contributed by atoms with E-state index in [4.69, 9.17) is 4.42 Å². The molecule has 0 bridgehead atoms. The fourth-order valence-electron chi connectivity index (χ4n) is 2.30. The summed E-state index contributed by atoms with van der Waals surface area (Å²) >= 11 is 0. The highest BCUT2D eigenvalue weighted by molar-refractivity contribution is 6.02. The molecule has 2 aromatic carbocycles. The van der Waals surface area contributed by atoms with Crippen LogP contribution in [0.4, 0.5) is 0 Å². The Balaban J connectivity index is 1.80. The van der Waals surface area contributed by atoms with Gasteiger partial charge in [-0.2, -0.15) is 0 Å². The van der Waals surface area contributed by atoms with Crippen LogP contribution < -0.4 is 5.32 Å². The minimum atomic E-state index is 0.678. The number of oxazole rings is 1. The van der Waals surface area contributed by atoms with E-state index in [-0.39, 0.29) is 0 Å². The van der Waals surface area contributed by atoms with Gasteiger partial charge in [-0.15, -0.1) is 0 Å². The first-order valence-electron chi connectivity index (χ1n) is 6.41. The lowest BCUT2D eigenvalue weighted by molar-refractivity contribution is 0.496. The van der Waals surface area contributed by atoms with Crippen LogP contribution in [0.5, 0.6) is 0 Å². The summed E-state index contributed by atoms with van der Waals surface area (Å²) in [7, 11) is 0. The minimum absolute atomic E-state index is 0.678. The number of aromatic nitrogens is 1. The maximum absolute atomic E-state index is 5.89. The van der Waals surface area contributed by atoms with Gasteiger partial charge in [-0.05, 0) is 24.3 Å². The molecule has 0 atom stereocenters. The Bertz CT molecular complexity index is 713. The Labute approximate surface area is 105 Å². The molecule has 4 rings (SSSR count). The Kier molecular flexibility index (Phi) is 2.14. The van der Waals surface area contributed by atoms with Crippen LogP contribution in [0.3, 0.4) is 0 Å². The molecule has 0 amide bonds. The first kappa shape index (κ1) is 10.1. The van der Waals surface area contributed by atoms with Crippen molar-refractivity contribution in [2.75, 3.05) is 0 Å². The summed E-state index contributed by atoms with van der Waals surface area (Å²) in [6.07, 6.45) is 2.56. The number of rotatable bonds is 3. The first-order chi connectivity index (χ1) is 8.90. The molecule has 3 aromatic rings. The van der Waals surface area contributed by atoms with Crippen LogP contribution in [-0.2, 0) is 6.54 Å². The lowest BCUT2D eigenvalue weighted by Gasteiger charge is -1.97. The van der Waals surface area contributed by atoms with Crippen molar-refractivity contribution in [1.82, 2.24) is 10.3 Å². The quantitative estimate of drug-likeness (QED) is 0.761. The second kappa shape index (κ2) is 3.82. The standard InChI is InChI=1S/C15H14N2O/c1-2-4-12-10(3-1)5-8-13-15(12)18-14(17-13)9-16-11-6-7-11/h1-5,8,11,16H,6-7,9H2. The third-order valence-corrected chi connectivity index (χ3v) is 3.44. The smallest absolute Gasteiger partial charge is 0.209 e. The normalized spacial score (nSPS) is 15.6. The monoisotopic (exact) mass is 238 g/mol. The van der Waals surface area contributed by atoms with Crippen molar-refractivity contribution in [3.63, 3.8) is 0 Å². The molecule has 90 valence electrons. The van der Waals surface area contributed by atoms with Crippen LogP contribution in [0.2, 0.25) is 0 Å². The molecule has 1 heterocycles. The Morgan fingerprint density at radius 1 is 1.17 bits per heavy atom. The average molecular weight is 238 g/mol. The Morgan fingerprint density at radius 2 is 2.06 bits per heavy atom. The van der Waals surface area contributed by atoms with Crippen molar-refractivity contribution in [2.45, 2.75) is 25.4 Å². The predicted molar refractivity (Wildman–Crippen MR) is 71.4 cm³/mol. The van der Waals surface area contributed by atoms with Crippen molar-refractivity contribution < 1.29 is 4.42 Å². The van der Waals surface area contributed by atoms with E-state index in [1.165, 1.54) is 18.2 Å². The van der Waals surface area contributed by atoms with Gasteiger partial charge in [0.2, 0.25) is 5.89 Å². The molecule has 3 heteroatoms. The maximum Gasteiger partial charge on any atom is 0.209 e. The number of hydrogen-bond acceptors (Lipinski definition) is 3. The summed E-state index contributed by atoms with van der Waals surface area (Å²) < 4.78 is 5.89. The molecule has 0 unspecified atom stereocenters. The van der Waals surface area contributed by atoms with Crippen molar-refractivity contribution in [3.05, 3.63) is 42.3 Å². The van der Waals surface area contributed by atoms with Gasteiger partial charge in [-0.25, -0.2) is 4.98 Å². The third-order valence-electron chi connectivity index (χ3n) is 3.44. The van der Waals surface area contributed by atoms with Crippen molar-refractivity contribution in [2.24, 2.45) is 0 Å². The zero-order valence-electron chi connectivity index (χ0n) is 10.0. The molecule has 1 aliphatic carbocycles. The summed E-state index contributed by atoms with van der Waals surface area (Å²) in [5.74, 6) is 0.785. The van der Waals surface area contributed by atoms with Gasteiger partial charge in [0, 0.05) is 11.4 Å². The molecule has 1 fully saturated rings. The highest BCUT2D eigenvalue weighted by Crippen LogP contribution is 2.26. The molecule has 0 saturated heterocycles. The summed E-state index contributed by atoms with van der Waals surface area (Å²) in [5, 5.41) is 5.76. The molecular weight excluding hydrogens is 224 g/mol. The van der Waals surface area contributed by atoms with Gasteiger partial charge in [0.25, 0.3) is 0 Å². The van der Waals surface area contributed by atoms with Gasteiger partial charge in [0.05, 0.1) is 6.54 Å². The fourth-order valence-corrected chi connectivity index (χ4v) is 2.30. The van der Waals surface area contributed by atoms with Crippen molar-refractivity contribution in [3.8, 4) is 0 Å². The second-order valence-corrected chi connectivity index (χ2v) is 4.90. The molecule has 1 N–H and O–H groups in total. The van der Waals surface area contributed by atoms with E-state index >= 15 is 0 Å². The van der Waals surface area contributed by atoms with Crippen LogP contribution in [0, 0.1) is 0 Å². The van der Waals surface area contributed by atoms with Crippen LogP contribution in [0.25, 0.3) is 21.9 Å². The van der Waals surface area contributed by atoms with Gasteiger partial charge in [0.15, 0.2) is 5.58 Å². The van der Waals surface area contributed by atoms with Gasteiger partial charge < -0.3 is 9.73 Å². The Hall–Kier alpha value is -1.87. The molecule has 0 aliphatic heterocycles. The van der Waals surface area contributed by atoms with Crippen LogP contribution >= 0.6 is 0 Å². The van der Waals surface area contributed by atoms with Crippen molar-refractivity contribution in [1.29, 1.82) is 0 Å². The van der Waals surface area contributed by atoms with E-state index in [1.807, 2.05) is 18.2 Å². The molecular formula is C15H14N2O. The number of benzene rings is 2. The van der Waals surface area contributed by atoms with Gasteiger partial charge in [0.1, 0.15) is 5.52 Å². The average Bonchev–Trinajstić information content (AvgIpc) is 3.14. The molecule has 0 spiro atoms. The zero-order chi connectivity index (χ0) is 11.9. The Morgan fingerprint density at radius 3 is 2.94 bits per heavy atom. The van der Waals surface area contributed by atoms with E-state index < -0.39 is 0 Å². The van der Waals surface area contributed by atoms with E-state index in [1.54, 1.807) is 0 Å². The van der Waals surface area contributed by atoms with Crippen LogP contribution in [0.15, 0.2) is 40.8 Å². The lowest BCUT2D eigenvalue weighted by atomic mass is 10.1. The molecule has 1 saturated carbocycles. The van der Waals surface area contributed by atoms with E-state index in [2.05, 4.69) is 28.5 Å². The number of fused-ring (bicyclic) bond motifs is 3. The van der Waals surface area contributed by atoms with Gasteiger partial charge in [-0.3, -0.25) is 0 Å². The SMILES string of the molecule is c1ccc2c(c1)ccc1nc(CNC3CC3)oc12. The summed E-state index contributed by atoms with van der Waals surface area (Å²) in [5.41, 5.74) is 1.85. The predicted octanol–water partition coefficient (Wildman–Crippen LogP) is 3.23. The fraction of sp³-hybridized carbons (Fsp3) is 0.267. The highest BCUT2D eigenvalue weighted by atomic mass is 16.3. The van der Waals surface area contributed by atoms with Crippen molar-refractivity contribution >= 4 is 21.9 Å². The zero-order valence-corrected chi connectivity index (χ0v) is 10.0. The van der Waals surface area contributed by atoms with Gasteiger partial charge >= 0.3 is 0 Å². The molecule has 0 radical (unpaired) electrons. The largest absolute Gasteiger partial charge is 0.439 e. The molecule has 18 heavy (non-hydrogen) atoms. The summed E-state index contributed by atoms with van der Waals surface area (Å²) in [6.45, 7) is 0.730. The van der Waals surface area contributed by atoms with E-state index in [9.17, 15) is 0 Å². The first-order valence-corrected chi connectivity index (χ1v) is 6.41.